The van der Waals surface area contributed by atoms with Gasteiger partial charge in [0, 0.05) is 11.6 Å². The molecule has 0 aliphatic heterocycles. The molecule has 0 atom stereocenters. The molecule has 0 bridgehead atoms. The van der Waals surface area contributed by atoms with Crippen molar-refractivity contribution in [1.82, 2.24) is 0 Å². The third kappa shape index (κ3) is 2.16. The Morgan fingerprint density at radius 1 is 0.938 bits per heavy atom. The minimum Gasteiger partial charge on any atom is -0.495 e. The molecule has 0 saturated heterocycles. The summed E-state index contributed by atoms with van der Waals surface area (Å²) in [5.74, 6) is 0.589. The topological polar surface area (TPSA) is 9.23 Å². The number of methoxy groups -OCH3 is 1. The summed E-state index contributed by atoms with van der Waals surface area (Å²) in [5.41, 5.74) is 1.95. The standard InChI is InChI=1S/C13H10Cl2O/c1-16-13-8-11(14)10(7-12(13)15)9-5-3-2-4-6-9/h2-8H,1H3. The van der Waals surface area contributed by atoms with Crippen LogP contribution in [0.3, 0.4) is 0 Å². The molecule has 0 aliphatic carbocycles. The van der Waals surface area contributed by atoms with Gasteiger partial charge in [0.25, 0.3) is 0 Å². The van der Waals surface area contributed by atoms with Gasteiger partial charge in [-0.2, -0.15) is 0 Å². The van der Waals surface area contributed by atoms with Crippen LogP contribution in [-0.2, 0) is 0 Å². The van der Waals surface area contributed by atoms with Crippen molar-refractivity contribution in [1.29, 1.82) is 0 Å². The molecule has 2 aromatic carbocycles. The summed E-state index contributed by atoms with van der Waals surface area (Å²) in [6.45, 7) is 0. The molecule has 0 spiro atoms. The second-order valence-electron chi connectivity index (χ2n) is 3.33. The van der Waals surface area contributed by atoms with Crippen molar-refractivity contribution in [2.75, 3.05) is 7.11 Å². The third-order valence-corrected chi connectivity index (χ3v) is 2.93. The normalized spacial score (nSPS) is 10.2. The molecule has 0 aliphatic rings. The Labute approximate surface area is 105 Å². The SMILES string of the molecule is COc1cc(Cl)c(-c2ccccc2)cc1Cl. The summed E-state index contributed by atoms with van der Waals surface area (Å²) >= 11 is 12.2. The molecule has 82 valence electrons. The van der Waals surface area contributed by atoms with Crippen molar-refractivity contribution in [3.63, 3.8) is 0 Å². The lowest BCUT2D eigenvalue weighted by atomic mass is 10.1. The quantitative estimate of drug-likeness (QED) is 0.755. The number of hydrogen-bond donors (Lipinski definition) is 0. The molecule has 1 nitrogen and oxygen atoms in total. The highest BCUT2D eigenvalue weighted by molar-refractivity contribution is 6.36. The zero-order chi connectivity index (χ0) is 11.5. The van der Waals surface area contributed by atoms with Crippen molar-refractivity contribution >= 4 is 23.2 Å². The third-order valence-electron chi connectivity index (χ3n) is 2.33. The van der Waals surface area contributed by atoms with E-state index in [0.29, 0.717) is 15.8 Å². The summed E-state index contributed by atoms with van der Waals surface area (Å²) in [6.07, 6.45) is 0. The van der Waals surface area contributed by atoms with Gasteiger partial charge >= 0.3 is 0 Å². The van der Waals surface area contributed by atoms with E-state index >= 15 is 0 Å². The maximum atomic E-state index is 6.18. The number of benzene rings is 2. The minimum atomic E-state index is 0.561. The van der Waals surface area contributed by atoms with E-state index in [0.717, 1.165) is 11.1 Å². The van der Waals surface area contributed by atoms with Crippen LogP contribution in [0.1, 0.15) is 0 Å². The van der Waals surface area contributed by atoms with E-state index in [4.69, 9.17) is 27.9 Å². The van der Waals surface area contributed by atoms with Crippen LogP contribution < -0.4 is 4.74 Å². The van der Waals surface area contributed by atoms with E-state index in [1.54, 1.807) is 13.2 Å². The average Bonchev–Trinajstić information content (AvgIpc) is 2.32. The number of hydrogen-bond acceptors (Lipinski definition) is 1. The molecule has 3 heteroatoms. The largest absolute Gasteiger partial charge is 0.495 e. The highest BCUT2D eigenvalue weighted by Gasteiger charge is 2.08. The minimum absolute atomic E-state index is 0.561. The Morgan fingerprint density at radius 3 is 2.25 bits per heavy atom. The van der Waals surface area contributed by atoms with Gasteiger partial charge in [0.05, 0.1) is 17.2 Å². The first kappa shape index (κ1) is 11.3. The van der Waals surface area contributed by atoms with Gasteiger partial charge in [-0.3, -0.25) is 0 Å². The van der Waals surface area contributed by atoms with Crippen molar-refractivity contribution in [3.05, 3.63) is 52.5 Å². The molecule has 0 amide bonds. The predicted octanol–water partition coefficient (Wildman–Crippen LogP) is 4.67. The van der Waals surface area contributed by atoms with E-state index in [1.165, 1.54) is 0 Å². The first-order valence-corrected chi connectivity index (χ1v) is 5.56. The molecular weight excluding hydrogens is 243 g/mol. The number of halogens is 2. The van der Waals surface area contributed by atoms with E-state index in [1.807, 2.05) is 36.4 Å². The molecule has 0 N–H and O–H groups in total. The Kier molecular flexibility index (Phi) is 3.37. The van der Waals surface area contributed by atoms with Gasteiger partial charge in [0.1, 0.15) is 5.75 Å². The fourth-order valence-corrected chi connectivity index (χ4v) is 2.03. The molecule has 0 aromatic heterocycles. The summed E-state index contributed by atoms with van der Waals surface area (Å²) in [5, 5.41) is 1.19. The Balaban J connectivity index is 2.55. The Bertz CT molecular complexity index is 495. The van der Waals surface area contributed by atoms with E-state index < -0.39 is 0 Å². The van der Waals surface area contributed by atoms with Crippen LogP contribution in [-0.4, -0.2) is 7.11 Å². The van der Waals surface area contributed by atoms with E-state index in [-0.39, 0.29) is 0 Å². The van der Waals surface area contributed by atoms with Gasteiger partial charge in [-0.25, -0.2) is 0 Å². The fourth-order valence-electron chi connectivity index (χ4n) is 1.52. The van der Waals surface area contributed by atoms with Crippen molar-refractivity contribution < 1.29 is 4.74 Å². The van der Waals surface area contributed by atoms with Crippen molar-refractivity contribution in [2.45, 2.75) is 0 Å². The van der Waals surface area contributed by atoms with Crippen molar-refractivity contribution in [2.24, 2.45) is 0 Å². The maximum absolute atomic E-state index is 6.18. The maximum Gasteiger partial charge on any atom is 0.138 e. The number of rotatable bonds is 2. The van der Waals surface area contributed by atoms with Crippen LogP contribution in [0, 0.1) is 0 Å². The number of ether oxygens (including phenoxy) is 1. The van der Waals surface area contributed by atoms with E-state index in [2.05, 4.69) is 0 Å². The van der Waals surface area contributed by atoms with Crippen molar-refractivity contribution in [3.8, 4) is 16.9 Å². The molecule has 0 radical (unpaired) electrons. The van der Waals surface area contributed by atoms with Crippen LogP contribution in [0.25, 0.3) is 11.1 Å². The zero-order valence-electron chi connectivity index (χ0n) is 8.71. The van der Waals surface area contributed by atoms with Crippen LogP contribution in [0.2, 0.25) is 10.0 Å². The summed E-state index contributed by atoms with van der Waals surface area (Å²) in [6, 6.07) is 13.4. The molecule has 2 rings (SSSR count). The van der Waals surface area contributed by atoms with E-state index in [9.17, 15) is 0 Å². The summed E-state index contributed by atoms with van der Waals surface area (Å²) < 4.78 is 5.10. The van der Waals surface area contributed by atoms with Gasteiger partial charge < -0.3 is 4.74 Å². The van der Waals surface area contributed by atoms with Crippen LogP contribution in [0.15, 0.2) is 42.5 Å². The van der Waals surface area contributed by atoms with Gasteiger partial charge in [-0.05, 0) is 11.6 Å². The predicted molar refractivity (Wildman–Crippen MR) is 68.5 cm³/mol. The molecule has 0 fully saturated rings. The molecule has 0 unspecified atom stereocenters. The first-order valence-electron chi connectivity index (χ1n) is 4.81. The fraction of sp³-hybridized carbons (Fsp3) is 0.0769. The molecule has 2 aromatic rings. The highest BCUT2D eigenvalue weighted by atomic mass is 35.5. The molecule has 0 saturated carbocycles. The smallest absolute Gasteiger partial charge is 0.138 e. The first-order chi connectivity index (χ1) is 7.72. The van der Waals surface area contributed by atoms with Gasteiger partial charge in [-0.15, -0.1) is 0 Å². The Morgan fingerprint density at radius 2 is 1.62 bits per heavy atom. The average molecular weight is 253 g/mol. The van der Waals surface area contributed by atoms with Gasteiger partial charge in [-0.1, -0.05) is 53.5 Å². The zero-order valence-corrected chi connectivity index (χ0v) is 10.2. The summed E-state index contributed by atoms with van der Waals surface area (Å²) in [7, 11) is 1.57. The lowest BCUT2D eigenvalue weighted by Gasteiger charge is -2.08. The highest BCUT2D eigenvalue weighted by Crippen LogP contribution is 2.36. The Hall–Kier alpha value is -1.18. The monoisotopic (exact) mass is 252 g/mol. The second-order valence-corrected chi connectivity index (χ2v) is 4.15. The van der Waals surface area contributed by atoms with Gasteiger partial charge in [0.15, 0.2) is 0 Å². The molecular formula is C13H10Cl2O. The second kappa shape index (κ2) is 4.77. The van der Waals surface area contributed by atoms with Crippen LogP contribution >= 0.6 is 23.2 Å². The molecule has 16 heavy (non-hydrogen) atoms. The summed E-state index contributed by atoms with van der Waals surface area (Å²) in [4.78, 5) is 0. The van der Waals surface area contributed by atoms with Gasteiger partial charge in [0.2, 0.25) is 0 Å². The molecule has 0 heterocycles. The van der Waals surface area contributed by atoms with Crippen LogP contribution in [0.5, 0.6) is 5.75 Å². The van der Waals surface area contributed by atoms with Crippen LogP contribution in [0.4, 0.5) is 0 Å². The lowest BCUT2D eigenvalue weighted by Crippen LogP contribution is -1.86. The lowest BCUT2D eigenvalue weighted by molar-refractivity contribution is 0.415.